The minimum Gasteiger partial charge on any atom is -0.412 e. The molecular formula is C11H19BrN2O. The lowest BCUT2D eigenvalue weighted by Crippen LogP contribution is -2.17. The van der Waals surface area contributed by atoms with Crippen LogP contribution in [0.2, 0.25) is 0 Å². The van der Waals surface area contributed by atoms with E-state index in [1.807, 2.05) is 26.2 Å². The Hall–Kier alpha value is -0.610. The number of nitrogens with zero attached hydrogens (tertiary/aromatic N) is 2. The summed E-state index contributed by atoms with van der Waals surface area (Å²) < 4.78 is 1.06. The maximum atomic E-state index is 4.14. The zero-order valence-electron chi connectivity index (χ0n) is 9.33. The summed E-state index contributed by atoms with van der Waals surface area (Å²) in [4.78, 5) is 6.51. The second kappa shape index (κ2) is 7.65. The van der Waals surface area contributed by atoms with Gasteiger partial charge in [-0.1, -0.05) is 13.8 Å². The van der Waals surface area contributed by atoms with E-state index in [0.29, 0.717) is 0 Å². The van der Waals surface area contributed by atoms with Crippen LogP contribution in [0.3, 0.4) is 0 Å². The number of rotatable bonds is 1. The van der Waals surface area contributed by atoms with Crippen molar-refractivity contribution in [3.05, 3.63) is 22.9 Å². The van der Waals surface area contributed by atoms with Gasteiger partial charge in [-0.05, 0) is 34.8 Å². The van der Waals surface area contributed by atoms with Gasteiger partial charge in [-0.2, -0.15) is 0 Å². The summed E-state index contributed by atoms with van der Waals surface area (Å²) in [7, 11) is 0. The maximum Gasteiger partial charge on any atom is 0.0564 e. The second-order valence-electron chi connectivity index (χ2n) is 3.06. The summed E-state index contributed by atoms with van der Waals surface area (Å²) in [5.74, 6) is 0. The smallest absolute Gasteiger partial charge is 0.0564 e. The van der Waals surface area contributed by atoms with E-state index in [0.717, 1.165) is 4.47 Å². The number of aromatic nitrogens is 1. The molecule has 0 radical (unpaired) electrons. The van der Waals surface area contributed by atoms with Crippen molar-refractivity contribution in [1.82, 2.24) is 4.98 Å². The molecule has 0 atom stereocenters. The van der Waals surface area contributed by atoms with E-state index in [-0.39, 0.29) is 5.48 Å². The minimum absolute atomic E-state index is 0. The topological polar surface area (TPSA) is 47.6 Å². The molecule has 4 heteroatoms. The third-order valence-corrected chi connectivity index (χ3v) is 2.60. The van der Waals surface area contributed by atoms with Gasteiger partial charge in [-0.3, -0.25) is 4.98 Å². The van der Waals surface area contributed by atoms with Gasteiger partial charge in [0.25, 0.3) is 0 Å². The molecule has 0 saturated carbocycles. The highest BCUT2D eigenvalue weighted by Crippen LogP contribution is 2.21. The van der Waals surface area contributed by atoms with Gasteiger partial charge < -0.3 is 10.4 Å². The van der Waals surface area contributed by atoms with Gasteiger partial charge in [0.05, 0.1) is 11.9 Å². The fraction of sp³-hybridized carbons (Fsp3) is 0.545. The Kier molecular flexibility index (Phi) is 7.34. The molecule has 1 aromatic rings. The van der Waals surface area contributed by atoms with Gasteiger partial charge in [0, 0.05) is 23.8 Å². The van der Waals surface area contributed by atoms with Crippen molar-refractivity contribution in [2.75, 3.05) is 18.0 Å². The number of hydrogen-bond acceptors (Lipinski definition) is 2. The van der Waals surface area contributed by atoms with Crippen LogP contribution < -0.4 is 4.90 Å². The zero-order valence-corrected chi connectivity index (χ0v) is 10.9. The first-order valence-corrected chi connectivity index (χ1v) is 6.01. The molecule has 3 nitrogen and oxygen atoms in total. The van der Waals surface area contributed by atoms with E-state index in [2.05, 4.69) is 31.9 Å². The van der Waals surface area contributed by atoms with Crippen LogP contribution in [0.1, 0.15) is 26.7 Å². The lowest BCUT2D eigenvalue weighted by atomic mass is 10.4. The van der Waals surface area contributed by atoms with Crippen LogP contribution in [-0.2, 0) is 0 Å². The molecule has 1 aromatic heterocycles. The molecule has 2 heterocycles. The molecule has 0 bridgehead atoms. The summed E-state index contributed by atoms with van der Waals surface area (Å²) in [6, 6.07) is 2.12. The predicted octanol–water partition coefficient (Wildman–Crippen LogP) is 2.65. The lowest BCUT2D eigenvalue weighted by molar-refractivity contribution is 0.824. The van der Waals surface area contributed by atoms with Gasteiger partial charge in [0.1, 0.15) is 0 Å². The van der Waals surface area contributed by atoms with Crippen LogP contribution in [0, 0.1) is 0 Å². The Balaban J connectivity index is 0.000000617. The van der Waals surface area contributed by atoms with Gasteiger partial charge in [0.15, 0.2) is 0 Å². The van der Waals surface area contributed by atoms with E-state index >= 15 is 0 Å². The van der Waals surface area contributed by atoms with Crippen molar-refractivity contribution in [1.29, 1.82) is 0 Å². The Bertz CT molecular complexity index is 275. The third kappa shape index (κ3) is 4.18. The number of halogens is 1. The molecule has 0 spiro atoms. The fourth-order valence-corrected chi connectivity index (χ4v) is 1.90. The Morgan fingerprint density at radius 1 is 1.20 bits per heavy atom. The van der Waals surface area contributed by atoms with Crippen LogP contribution >= 0.6 is 15.9 Å². The fourth-order valence-electron chi connectivity index (χ4n) is 1.55. The van der Waals surface area contributed by atoms with Gasteiger partial charge in [0.2, 0.25) is 0 Å². The van der Waals surface area contributed by atoms with E-state index in [9.17, 15) is 0 Å². The van der Waals surface area contributed by atoms with E-state index in [1.165, 1.54) is 31.6 Å². The standard InChI is InChI=1S/C9H11BrN2.C2H6.H2O/c10-8-5-9(7-11-6-8)12-3-1-2-4-12;1-2;/h5-7H,1-4H2;1-2H3;1H2. The van der Waals surface area contributed by atoms with Crippen LogP contribution in [0.25, 0.3) is 0 Å². The molecule has 86 valence electrons. The largest absolute Gasteiger partial charge is 0.412 e. The Morgan fingerprint density at radius 2 is 1.80 bits per heavy atom. The highest BCUT2D eigenvalue weighted by atomic mass is 79.9. The first-order chi connectivity index (χ1) is 6.86. The molecular weight excluding hydrogens is 256 g/mol. The van der Waals surface area contributed by atoms with Crippen LogP contribution in [0.5, 0.6) is 0 Å². The quantitative estimate of drug-likeness (QED) is 0.791. The Labute approximate surface area is 99.9 Å². The summed E-state index contributed by atoms with van der Waals surface area (Å²) in [5, 5.41) is 0. The first kappa shape index (κ1) is 14.4. The van der Waals surface area contributed by atoms with Crippen molar-refractivity contribution in [3.8, 4) is 0 Å². The molecule has 2 rings (SSSR count). The third-order valence-electron chi connectivity index (χ3n) is 2.16. The molecule has 1 saturated heterocycles. The number of pyridine rings is 1. The molecule has 0 amide bonds. The van der Waals surface area contributed by atoms with Crippen LogP contribution in [0.4, 0.5) is 5.69 Å². The molecule has 1 fully saturated rings. The van der Waals surface area contributed by atoms with Crippen LogP contribution in [-0.4, -0.2) is 23.5 Å². The van der Waals surface area contributed by atoms with Crippen molar-refractivity contribution in [3.63, 3.8) is 0 Å². The predicted molar refractivity (Wildman–Crippen MR) is 68.3 cm³/mol. The van der Waals surface area contributed by atoms with Crippen molar-refractivity contribution < 1.29 is 5.48 Å². The van der Waals surface area contributed by atoms with Gasteiger partial charge in [-0.15, -0.1) is 0 Å². The molecule has 0 aliphatic carbocycles. The molecule has 15 heavy (non-hydrogen) atoms. The summed E-state index contributed by atoms with van der Waals surface area (Å²) >= 11 is 3.42. The van der Waals surface area contributed by atoms with Gasteiger partial charge >= 0.3 is 0 Å². The highest BCUT2D eigenvalue weighted by Gasteiger charge is 2.11. The number of hydrogen-bond donors (Lipinski definition) is 0. The first-order valence-electron chi connectivity index (χ1n) is 5.22. The number of anilines is 1. The second-order valence-corrected chi connectivity index (χ2v) is 3.97. The average Bonchev–Trinajstić information content (AvgIpc) is 2.74. The zero-order chi connectivity index (χ0) is 10.4. The minimum atomic E-state index is 0. The Morgan fingerprint density at radius 3 is 2.33 bits per heavy atom. The van der Waals surface area contributed by atoms with E-state index in [4.69, 9.17) is 0 Å². The van der Waals surface area contributed by atoms with Gasteiger partial charge in [-0.25, -0.2) is 0 Å². The normalized spacial score (nSPS) is 13.9. The van der Waals surface area contributed by atoms with Crippen molar-refractivity contribution >= 4 is 21.6 Å². The van der Waals surface area contributed by atoms with E-state index in [1.54, 1.807) is 0 Å². The molecule has 2 N–H and O–H groups in total. The SMILES string of the molecule is Brc1cncc(N2CCCC2)c1.CC.O. The summed E-state index contributed by atoms with van der Waals surface area (Å²) in [6.07, 6.45) is 6.37. The summed E-state index contributed by atoms with van der Waals surface area (Å²) in [5.41, 5.74) is 1.24. The average molecular weight is 275 g/mol. The highest BCUT2D eigenvalue weighted by molar-refractivity contribution is 9.10. The lowest BCUT2D eigenvalue weighted by Gasteiger charge is -2.16. The van der Waals surface area contributed by atoms with E-state index < -0.39 is 0 Å². The molecule has 1 aliphatic rings. The monoisotopic (exact) mass is 274 g/mol. The molecule has 1 aliphatic heterocycles. The summed E-state index contributed by atoms with van der Waals surface area (Å²) in [6.45, 7) is 6.36. The molecule has 0 aromatic carbocycles. The van der Waals surface area contributed by atoms with Crippen molar-refractivity contribution in [2.24, 2.45) is 0 Å². The maximum absolute atomic E-state index is 4.14. The molecule has 0 unspecified atom stereocenters. The van der Waals surface area contributed by atoms with Crippen molar-refractivity contribution in [2.45, 2.75) is 26.7 Å². The van der Waals surface area contributed by atoms with Crippen LogP contribution in [0.15, 0.2) is 22.9 Å².